The fourth-order valence-corrected chi connectivity index (χ4v) is 3.04. The summed E-state index contributed by atoms with van der Waals surface area (Å²) in [5.41, 5.74) is 0.978. The van der Waals surface area contributed by atoms with Gasteiger partial charge in [0, 0.05) is 5.39 Å². The van der Waals surface area contributed by atoms with Crippen molar-refractivity contribution in [2.45, 2.75) is 19.9 Å². The van der Waals surface area contributed by atoms with Crippen molar-refractivity contribution in [2.75, 3.05) is 18.6 Å². The molecule has 2 unspecified atom stereocenters. The third-order valence-corrected chi connectivity index (χ3v) is 4.03. The van der Waals surface area contributed by atoms with Crippen molar-refractivity contribution in [3.05, 3.63) is 36.1 Å². The van der Waals surface area contributed by atoms with Gasteiger partial charge in [0.1, 0.15) is 11.3 Å². The normalized spacial score (nSPS) is 14.8. The first-order chi connectivity index (χ1) is 8.76. The van der Waals surface area contributed by atoms with E-state index in [0.29, 0.717) is 12.0 Å². The molecule has 0 amide bonds. The quantitative estimate of drug-likeness (QED) is 0.850. The van der Waals surface area contributed by atoms with Crippen molar-refractivity contribution in [1.29, 1.82) is 0 Å². The SMILES string of the molecule is CCNC(c1cc2ccccc2o1)C(C)CSC. The minimum absolute atomic E-state index is 0.301. The summed E-state index contributed by atoms with van der Waals surface area (Å²) in [6.45, 7) is 5.37. The lowest BCUT2D eigenvalue weighted by Gasteiger charge is -2.22. The van der Waals surface area contributed by atoms with Crippen LogP contribution in [0.5, 0.6) is 0 Å². The van der Waals surface area contributed by atoms with Crippen molar-refractivity contribution in [3.8, 4) is 0 Å². The van der Waals surface area contributed by atoms with Crippen molar-refractivity contribution in [2.24, 2.45) is 5.92 Å². The second kappa shape index (κ2) is 6.30. The zero-order chi connectivity index (χ0) is 13.0. The van der Waals surface area contributed by atoms with Crippen LogP contribution in [0.3, 0.4) is 0 Å². The second-order valence-electron chi connectivity index (χ2n) is 4.65. The van der Waals surface area contributed by atoms with Gasteiger partial charge in [0.25, 0.3) is 0 Å². The summed E-state index contributed by atoms with van der Waals surface area (Å²) in [7, 11) is 0. The van der Waals surface area contributed by atoms with Crippen LogP contribution >= 0.6 is 11.8 Å². The molecule has 98 valence electrons. The van der Waals surface area contributed by atoms with Gasteiger partial charge < -0.3 is 9.73 Å². The molecule has 0 saturated heterocycles. The van der Waals surface area contributed by atoms with E-state index in [1.165, 1.54) is 5.39 Å². The Bertz CT molecular complexity index is 461. The number of furan rings is 1. The Morgan fingerprint density at radius 2 is 2.11 bits per heavy atom. The first-order valence-corrected chi connectivity index (χ1v) is 7.86. The van der Waals surface area contributed by atoms with Crippen LogP contribution in [0.4, 0.5) is 0 Å². The Morgan fingerprint density at radius 1 is 1.33 bits per heavy atom. The standard InChI is InChI=1S/C15H21NOS/c1-4-16-15(11(2)10-18-3)14-9-12-7-5-6-8-13(12)17-14/h5-9,11,15-16H,4,10H2,1-3H3. The number of nitrogens with one attached hydrogen (secondary N) is 1. The van der Waals surface area contributed by atoms with Crippen LogP contribution in [0.25, 0.3) is 11.0 Å². The van der Waals surface area contributed by atoms with Crippen molar-refractivity contribution in [1.82, 2.24) is 5.32 Å². The Labute approximate surface area is 113 Å². The Kier molecular flexibility index (Phi) is 4.72. The van der Waals surface area contributed by atoms with E-state index in [9.17, 15) is 0 Å². The molecule has 1 aromatic carbocycles. The average molecular weight is 263 g/mol. The van der Waals surface area contributed by atoms with Gasteiger partial charge in [0.15, 0.2) is 0 Å². The number of fused-ring (bicyclic) bond motifs is 1. The number of thioether (sulfide) groups is 1. The molecule has 0 spiro atoms. The molecule has 0 saturated carbocycles. The molecule has 0 fully saturated rings. The fourth-order valence-electron chi connectivity index (χ4n) is 2.32. The Morgan fingerprint density at radius 3 is 2.78 bits per heavy atom. The topological polar surface area (TPSA) is 25.2 Å². The molecule has 1 aromatic heterocycles. The van der Waals surface area contributed by atoms with E-state index < -0.39 is 0 Å². The zero-order valence-electron chi connectivity index (χ0n) is 11.3. The maximum absolute atomic E-state index is 5.98. The smallest absolute Gasteiger partial charge is 0.134 e. The Balaban J connectivity index is 2.29. The maximum Gasteiger partial charge on any atom is 0.134 e. The van der Waals surface area contributed by atoms with Gasteiger partial charge in [-0.3, -0.25) is 0 Å². The lowest BCUT2D eigenvalue weighted by molar-refractivity contribution is 0.361. The first kappa shape index (κ1) is 13.5. The Hall–Kier alpha value is -0.930. The highest BCUT2D eigenvalue weighted by atomic mass is 32.2. The molecule has 0 aliphatic carbocycles. The number of benzene rings is 1. The summed E-state index contributed by atoms with van der Waals surface area (Å²) in [4.78, 5) is 0. The van der Waals surface area contributed by atoms with Crippen LogP contribution in [0.2, 0.25) is 0 Å². The van der Waals surface area contributed by atoms with Gasteiger partial charge in [-0.25, -0.2) is 0 Å². The van der Waals surface area contributed by atoms with E-state index in [4.69, 9.17) is 4.42 Å². The third kappa shape index (κ3) is 2.90. The van der Waals surface area contributed by atoms with Gasteiger partial charge in [-0.15, -0.1) is 0 Å². The van der Waals surface area contributed by atoms with Crippen LogP contribution in [-0.2, 0) is 0 Å². The van der Waals surface area contributed by atoms with E-state index in [1.54, 1.807) is 0 Å². The van der Waals surface area contributed by atoms with Crippen LogP contribution < -0.4 is 5.32 Å². The average Bonchev–Trinajstić information content (AvgIpc) is 2.79. The summed E-state index contributed by atoms with van der Waals surface area (Å²) in [6.07, 6.45) is 2.15. The van der Waals surface area contributed by atoms with Crippen molar-refractivity contribution < 1.29 is 4.42 Å². The summed E-state index contributed by atoms with van der Waals surface area (Å²) >= 11 is 1.88. The molecule has 1 N–H and O–H groups in total. The molecule has 2 rings (SSSR count). The van der Waals surface area contributed by atoms with Crippen LogP contribution in [0.1, 0.15) is 25.6 Å². The minimum Gasteiger partial charge on any atom is -0.459 e. The molecule has 2 aromatic rings. The number of rotatable bonds is 6. The van der Waals surface area contributed by atoms with Crippen LogP contribution in [0, 0.1) is 5.92 Å². The summed E-state index contributed by atoms with van der Waals surface area (Å²) in [6, 6.07) is 10.7. The summed E-state index contributed by atoms with van der Waals surface area (Å²) < 4.78 is 5.98. The largest absolute Gasteiger partial charge is 0.459 e. The second-order valence-corrected chi connectivity index (χ2v) is 5.57. The molecule has 0 radical (unpaired) electrons. The van der Waals surface area contributed by atoms with Gasteiger partial charge in [-0.05, 0) is 36.6 Å². The molecule has 3 heteroatoms. The highest BCUT2D eigenvalue weighted by Crippen LogP contribution is 2.29. The van der Waals surface area contributed by atoms with Crippen molar-refractivity contribution >= 4 is 22.7 Å². The van der Waals surface area contributed by atoms with E-state index in [1.807, 2.05) is 23.9 Å². The fraction of sp³-hybridized carbons (Fsp3) is 0.467. The molecule has 0 bridgehead atoms. The number of para-hydroxylation sites is 1. The van der Waals surface area contributed by atoms with Gasteiger partial charge in [0.05, 0.1) is 6.04 Å². The maximum atomic E-state index is 5.98. The van der Waals surface area contributed by atoms with Crippen LogP contribution in [-0.4, -0.2) is 18.6 Å². The monoisotopic (exact) mass is 263 g/mol. The van der Waals surface area contributed by atoms with Gasteiger partial charge in [-0.2, -0.15) is 11.8 Å². The van der Waals surface area contributed by atoms with Gasteiger partial charge in [-0.1, -0.05) is 32.0 Å². The zero-order valence-corrected chi connectivity index (χ0v) is 12.1. The molecule has 0 aliphatic rings. The molecule has 1 heterocycles. The molecule has 2 atom stereocenters. The number of hydrogen-bond acceptors (Lipinski definition) is 3. The highest BCUT2D eigenvalue weighted by molar-refractivity contribution is 7.98. The predicted molar refractivity (Wildman–Crippen MR) is 80.2 cm³/mol. The van der Waals surface area contributed by atoms with E-state index in [2.05, 4.69) is 43.6 Å². The third-order valence-electron chi connectivity index (χ3n) is 3.17. The molecular weight excluding hydrogens is 242 g/mol. The number of hydrogen-bond donors (Lipinski definition) is 1. The van der Waals surface area contributed by atoms with E-state index in [0.717, 1.165) is 23.6 Å². The lowest BCUT2D eigenvalue weighted by atomic mass is 10.0. The minimum atomic E-state index is 0.301. The van der Waals surface area contributed by atoms with Crippen LogP contribution in [0.15, 0.2) is 34.7 Å². The molecular formula is C15H21NOS. The first-order valence-electron chi connectivity index (χ1n) is 6.47. The van der Waals surface area contributed by atoms with Gasteiger partial charge in [0.2, 0.25) is 0 Å². The molecule has 0 aliphatic heterocycles. The highest BCUT2D eigenvalue weighted by Gasteiger charge is 2.21. The van der Waals surface area contributed by atoms with Crippen molar-refractivity contribution in [3.63, 3.8) is 0 Å². The summed E-state index contributed by atoms with van der Waals surface area (Å²) in [5, 5.41) is 4.72. The molecule has 18 heavy (non-hydrogen) atoms. The summed E-state index contributed by atoms with van der Waals surface area (Å²) in [5.74, 6) is 2.74. The van der Waals surface area contributed by atoms with Gasteiger partial charge >= 0.3 is 0 Å². The molecule has 2 nitrogen and oxygen atoms in total. The van der Waals surface area contributed by atoms with E-state index in [-0.39, 0.29) is 0 Å². The van der Waals surface area contributed by atoms with E-state index >= 15 is 0 Å². The lowest BCUT2D eigenvalue weighted by Crippen LogP contribution is -2.27. The predicted octanol–water partition coefficient (Wildman–Crippen LogP) is 4.08.